The van der Waals surface area contributed by atoms with Crippen LogP contribution in [0.5, 0.6) is 0 Å². The Labute approximate surface area is 127 Å². The Morgan fingerprint density at radius 3 is 3.29 bits per heavy atom. The fourth-order valence-electron chi connectivity index (χ4n) is 2.48. The molecule has 3 heterocycles. The van der Waals surface area contributed by atoms with E-state index in [1.165, 1.54) is 0 Å². The van der Waals surface area contributed by atoms with Crippen molar-refractivity contribution in [3.63, 3.8) is 0 Å². The molecule has 0 aromatic carbocycles. The molecule has 7 heteroatoms. The van der Waals surface area contributed by atoms with Gasteiger partial charge >= 0.3 is 0 Å². The molecule has 0 radical (unpaired) electrons. The Balaban J connectivity index is 1.51. The van der Waals surface area contributed by atoms with Crippen molar-refractivity contribution >= 4 is 17.2 Å². The van der Waals surface area contributed by atoms with Crippen LogP contribution in [0.15, 0.2) is 23.2 Å². The first-order chi connectivity index (χ1) is 10.3. The Morgan fingerprint density at radius 2 is 2.52 bits per heavy atom. The molecular formula is C14H19N5OS. The zero-order valence-corrected chi connectivity index (χ0v) is 12.6. The fourth-order valence-corrected chi connectivity index (χ4v) is 3.07. The maximum absolute atomic E-state index is 12.0. The molecule has 1 amide bonds. The first kappa shape index (κ1) is 14.2. The van der Waals surface area contributed by atoms with Crippen LogP contribution in [0.2, 0.25) is 0 Å². The van der Waals surface area contributed by atoms with E-state index in [1.807, 2.05) is 16.3 Å². The molecule has 3 rings (SSSR count). The highest BCUT2D eigenvalue weighted by Crippen LogP contribution is 2.15. The van der Waals surface area contributed by atoms with Crippen molar-refractivity contribution in [3.8, 4) is 0 Å². The zero-order valence-electron chi connectivity index (χ0n) is 11.8. The SMILES string of the molecule is O=C(NCCc1cscn1)c1ccn([C@H]2CCCNC2)n1. The maximum atomic E-state index is 12.0. The van der Waals surface area contributed by atoms with Gasteiger partial charge in [0, 0.05) is 31.1 Å². The van der Waals surface area contributed by atoms with Gasteiger partial charge in [0.05, 0.1) is 17.2 Å². The zero-order chi connectivity index (χ0) is 14.5. The summed E-state index contributed by atoms with van der Waals surface area (Å²) < 4.78 is 1.90. The van der Waals surface area contributed by atoms with E-state index in [9.17, 15) is 4.79 Å². The van der Waals surface area contributed by atoms with E-state index in [0.29, 0.717) is 18.3 Å². The largest absolute Gasteiger partial charge is 0.350 e. The van der Waals surface area contributed by atoms with E-state index in [1.54, 1.807) is 22.9 Å². The van der Waals surface area contributed by atoms with E-state index < -0.39 is 0 Å². The van der Waals surface area contributed by atoms with Crippen LogP contribution in [-0.4, -0.2) is 40.3 Å². The number of nitrogens with zero attached hydrogens (tertiary/aromatic N) is 3. The number of piperidine rings is 1. The average molecular weight is 305 g/mol. The molecular weight excluding hydrogens is 286 g/mol. The van der Waals surface area contributed by atoms with Crippen LogP contribution >= 0.6 is 11.3 Å². The number of carbonyl (C=O) groups is 1. The van der Waals surface area contributed by atoms with Gasteiger partial charge in [-0.2, -0.15) is 5.10 Å². The van der Waals surface area contributed by atoms with Crippen molar-refractivity contribution in [2.45, 2.75) is 25.3 Å². The molecule has 2 N–H and O–H groups in total. The number of carbonyl (C=O) groups excluding carboxylic acids is 1. The highest BCUT2D eigenvalue weighted by atomic mass is 32.1. The molecule has 1 fully saturated rings. The lowest BCUT2D eigenvalue weighted by Crippen LogP contribution is -2.32. The van der Waals surface area contributed by atoms with Crippen LogP contribution in [0.25, 0.3) is 0 Å². The number of nitrogens with one attached hydrogen (secondary N) is 2. The summed E-state index contributed by atoms with van der Waals surface area (Å²) in [4.78, 5) is 16.2. The number of amides is 1. The quantitative estimate of drug-likeness (QED) is 0.872. The smallest absolute Gasteiger partial charge is 0.271 e. The molecule has 1 saturated heterocycles. The number of hydrogen-bond acceptors (Lipinski definition) is 5. The molecule has 0 spiro atoms. The summed E-state index contributed by atoms with van der Waals surface area (Å²) >= 11 is 1.57. The van der Waals surface area contributed by atoms with Gasteiger partial charge in [-0.1, -0.05) is 0 Å². The Kier molecular flexibility index (Phi) is 4.62. The first-order valence-corrected chi connectivity index (χ1v) is 8.18. The van der Waals surface area contributed by atoms with Gasteiger partial charge in [0.2, 0.25) is 0 Å². The Morgan fingerprint density at radius 1 is 1.57 bits per heavy atom. The van der Waals surface area contributed by atoms with Crippen molar-refractivity contribution < 1.29 is 4.79 Å². The topological polar surface area (TPSA) is 71.8 Å². The number of aromatic nitrogens is 3. The molecule has 2 aromatic heterocycles. The van der Waals surface area contributed by atoms with Crippen molar-refractivity contribution in [1.82, 2.24) is 25.4 Å². The van der Waals surface area contributed by atoms with Crippen molar-refractivity contribution in [3.05, 3.63) is 34.5 Å². The second kappa shape index (κ2) is 6.82. The van der Waals surface area contributed by atoms with Crippen LogP contribution < -0.4 is 10.6 Å². The minimum atomic E-state index is -0.118. The van der Waals surface area contributed by atoms with Gasteiger partial charge in [0.1, 0.15) is 5.69 Å². The number of rotatable bonds is 5. The van der Waals surface area contributed by atoms with Gasteiger partial charge in [-0.25, -0.2) is 4.98 Å². The summed E-state index contributed by atoms with van der Waals surface area (Å²) in [5.41, 5.74) is 3.30. The lowest BCUT2D eigenvalue weighted by Gasteiger charge is -2.22. The monoisotopic (exact) mass is 305 g/mol. The molecule has 6 nitrogen and oxygen atoms in total. The van der Waals surface area contributed by atoms with Crippen LogP contribution in [0, 0.1) is 0 Å². The normalized spacial score (nSPS) is 18.6. The molecule has 112 valence electrons. The third-order valence-corrected chi connectivity index (χ3v) is 4.27. The van der Waals surface area contributed by atoms with E-state index >= 15 is 0 Å². The van der Waals surface area contributed by atoms with Gasteiger partial charge in [-0.05, 0) is 25.5 Å². The second-order valence-electron chi connectivity index (χ2n) is 5.17. The molecule has 0 unspecified atom stereocenters. The maximum Gasteiger partial charge on any atom is 0.271 e. The van der Waals surface area contributed by atoms with Crippen molar-refractivity contribution in [1.29, 1.82) is 0 Å². The van der Waals surface area contributed by atoms with Crippen molar-refractivity contribution in [2.75, 3.05) is 19.6 Å². The van der Waals surface area contributed by atoms with E-state index in [-0.39, 0.29) is 5.91 Å². The lowest BCUT2D eigenvalue weighted by molar-refractivity contribution is 0.0947. The third-order valence-electron chi connectivity index (χ3n) is 3.64. The predicted octanol–water partition coefficient (Wildman–Crippen LogP) is 1.24. The number of hydrogen-bond donors (Lipinski definition) is 2. The van der Waals surface area contributed by atoms with Crippen LogP contribution in [0.1, 0.15) is 35.1 Å². The van der Waals surface area contributed by atoms with Gasteiger partial charge in [0.25, 0.3) is 5.91 Å². The molecule has 1 aliphatic rings. The summed E-state index contributed by atoms with van der Waals surface area (Å²) in [6, 6.07) is 2.14. The van der Waals surface area contributed by atoms with Crippen LogP contribution in [0.4, 0.5) is 0 Å². The van der Waals surface area contributed by atoms with E-state index in [2.05, 4.69) is 20.7 Å². The summed E-state index contributed by atoms with van der Waals surface area (Å²) in [5.74, 6) is -0.118. The Bertz CT molecular complexity index is 574. The third kappa shape index (κ3) is 3.68. The highest BCUT2D eigenvalue weighted by molar-refractivity contribution is 7.07. The summed E-state index contributed by atoms with van der Waals surface area (Å²) in [6.45, 7) is 2.58. The summed E-state index contributed by atoms with van der Waals surface area (Å²) in [6.07, 6.45) is 4.91. The predicted molar refractivity (Wildman–Crippen MR) is 81.5 cm³/mol. The lowest BCUT2D eigenvalue weighted by atomic mass is 10.1. The number of thiazole rings is 1. The van der Waals surface area contributed by atoms with E-state index in [0.717, 1.165) is 38.0 Å². The molecule has 2 aromatic rings. The van der Waals surface area contributed by atoms with E-state index in [4.69, 9.17) is 0 Å². The molecule has 1 atom stereocenters. The van der Waals surface area contributed by atoms with Crippen LogP contribution in [-0.2, 0) is 6.42 Å². The molecule has 0 saturated carbocycles. The first-order valence-electron chi connectivity index (χ1n) is 7.24. The minimum absolute atomic E-state index is 0.118. The molecule has 21 heavy (non-hydrogen) atoms. The molecule has 1 aliphatic heterocycles. The van der Waals surface area contributed by atoms with Crippen LogP contribution in [0.3, 0.4) is 0 Å². The van der Waals surface area contributed by atoms with Gasteiger partial charge in [-0.15, -0.1) is 11.3 Å². The van der Waals surface area contributed by atoms with Crippen molar-refractivity contribution in [2.24, 2.45) is 0 Å². The van der Waals surface area contributed by atoms with Gasteiger partial charge in [0.15, 0.2) is 0 Å². The average Bonchev–Trinajstić information content (AvgIpc) is 3.20. The Hall–Kier alpha value is -1.73. The summed E-state index contributed by atoms with van der Waals surface area (Å²) in [5, 5.41) is 12.6. The highest BCUT2D eigenvalue weighted by Gasteiger charge is 2.17. The standard InChI is InChI=1S/C14H19N5OS/c20-14(16-6-3-11-9-21-10-17-11)13-4-7-19(18-13)12-2-1-5-15-8-12/h4,7,9-10,12,15H,1-3,5-6,8H2,(H,16,20)/t12-/m0/s1. The minimum Gasteiger partial charge on any atom is -0.350 e. The molecule has 0 aliphatic carbocycles. The van der Waals surface area contributed by atoms with Gasteiger partial charge < -0.3 is 10.6 Å². The fraction of sp³-hybridized carbons (Fsp3) is 0.500. The summed E-state index contributed by atoms with van der Waals surface area (Å²) in [7, 11) is 0. The van der Waals surface area contributed by atoms with Gasteiger partial charge in [-0.3, -0.25) is 9.48 Å². The second-order valence-corrected chi connectivity index (χ2v) is 5.89. The molecule has 0 bridgehead atoms.